The van der Waals surface area contributed by atoms with Gasteiger partial charge in [0, 0.05) is 5.39 Å². The molecule has 0 saturated heterocycles. The van der Waals surface area contributed by atoms with Gasteiger partial charge in [0.15, 0.2) is 0 Å². The molecule has 3 nitrogen and oxygen atoms in total. The number of anilines is 1. The summed E-state index contributed by atoms with van der Waals surface area (Å²) in [5.41, 5.74) is 4.61. The quantitative estimate of drug-likeness (QED) is 0.752. The van der Waals surface area contributed by atoms with Gasteiger partial charge in [-0.3, -0.25) is 0 Å². The van der Waals surface area contributed by atoms with Crippen molar-refractivity contribution >= 4 is 16.7 Å². The van der Waals surface area contributed by atoms with Crippen LogP contribution < -0.4 is 5.73 Å². The SMILES string of the molecule is Cc1nc(N)c2cccc(C(F)(F)F)c2n1. The number of hydrogen-bond acceptors (Lipinski definition) is 3. The van der Waals surface area contributed by atoms with Crippen LogP contribution in [-0.2, 0) is 6.18 Å². The molecule has 84 valence electrons. The van der Waals surface area contributed by atoms with Crippen molar-refractivity contribution in [2.24, 2.45) is 0 Å². The van der Waals surface area contributed by atoms with Gasteiger partial charge in [0.05, 0.1) is 11.1 Å². The molecule has 2 N–H and O–H groups in total. The highest BCUT2D eigenvalue weighted by molar-refractivity contribution is 5.90. The number of aromatic nitrogens is 2. The Morgan fingerprint density at radius 2 is 1.88 bits per heavy atom. The van der Waals surface area contributed by atoms with Gasteiger partial charge in [-0.25, -0.2) is 9.97 Å². The standard InChI is InChI=1S/C10H8F3N3/c1-5-15-8-6(9(14)16-5)3-2-4-7(8)10(11,12)13/h2-4H,1H3,(H2,14,15,16). The first-order valence-electron chi connectivity index (χ1n) is 4.49. The number of alkyl halides is 3. The van der Waals surface area contributed by atoms with Crippen LogP contribution in [0.25, 0.3) is 10.9 Å². The number of nitrogens with two attached hydrogens (primary N) is 1. The van der Waals surface area contributed by atoms with Crippen molar-refractivity contribution in [3.8, 4) is 0 Å². The Morgan fingerprint density at radius 3 is 2.50 bits per heavy atom. The zero-order chi connectivity index (χ0) is 11.9. The Labute approximate surface area is 89.1 Å². The first kappa shape index (κ1) is 10.7. The summed E-state index contributed by atoms with van der Waals surface area (Å²) < 4.78 is 38.0. The van der Waals surface area contributed by atoms with E-state index >= 15 is 0 Å². The van der Waals surface area contributed by atoms with Gasteiger partial charge in [-0.1, -0.05) is 6.07 Å². The van der Waals surface area contributed by atoms with E-state index in [1.165, 1.54) is 19.1 Å². The number of aryl methyl sites for hydroxylation is 1. The summed E-state index contributed by atoms with van der Waals surface area (Å²) in [4.78, 5) is 7.62. The van der Waals surface area contributed by atoms with Crippen LogP contribution >= 0.6 is 0 Å². The summed E-state index contributed by atoms with van der Waals surface area (Å²) in [5, 5.41) is 0.223. The monoisotopic (exact) mass is 227 g/mol. The smallest absolute Gasteiger partial charge is 0.383 e. The van der Waals surface area contributed by atoms with Crippen LogP contribution in [0.4, 0.5) is 19.0 Å². The van der Waals surface area contributed by atoms with E-state index in [-0.39, 0.29) is 22.5 Å². The number of para-hydroxylation sites is 1. The molecule has 0 aliphatic heterocycles. The Hall–Kier alpha value is -1.85. The minimum atomic E-state index is -4.44. The summed E-state index contributed by atoms with van der Waals surface area (Å²) in [6.07, 6.45) is -4.44. The zero-order valence-electron chi connectivity index (χ0n) is 8.34. The molecule has 2 rings (SSSR count). The average Bonchev–Trinajstić information content (AvgIpc) is 2.15. The molecule has 2 aromatic rings. The van der Waals surface area contributed by atoms with E-state index in [9.17, 15) is 13.2 Å². The fourth-order valence-electron chi connectivity index (χ4n) is 1.52. The minimum Gasteiger partial charge on any atom is -0.383 e. The lowest BCUT2D eigenvalue weighted by molar-refractivity contribution is -0.136. The number of nitrogen functional groups attached to an aromatic ring is 1. The number of nitrogens with zero attached hydrogens (tertiary/aromatic N) is 2. The summed E-state index contributed by atoms with van der Waals surface area (Å²) in [6.45, 7) is 1.50. The molecular weight excluding hydrogens is 219 g/mol. The molecule has 0 aliphatic rings. The largest absolute Gasteiger partial charge is 0.418 e. The van der Waals surface area contributed by atoms with Crippen molar-refractivity contribution in [3.63, 3.8) is 0 Å². The number of rotatable bonds is 0. The number of halogens is 3. The van der Waals surface area contributed by atoms with E-state index in [4.69, 9.17) is 5.73 Å². The van der Waals surface area contributed by atoms with Gasteiger partial charge in [-0.15, -0.1) is 0 Å². The fraction of sp³-hybridized carbons (Fsp3) is 0.200. The highest BCUT2D eigenvalue weighted by atomic mass is 19.4. The minimum absolute atomic E-state index is 0.0635. The van der Waals surface area contributed by atoms with Gasteiger partial charge in [-0.2, -0.15) is 13.2 Å². The molecule has 16 heavy (non-hydrogen) atoms. The van der Waals surface area contributed by atoms with Gasteiger partial charge in [0.2, 0.25) is 0 Å². The van der Waals surface area contributed by atoms with Gasteiger partial charge in [0.1, 0.15) is 11.6 Å². The van der Waals surface area contributed by atoms with Crippen LogP contribution in [-0.4, -0.2) is 9.97 Å². The fourth-order valence-corrected chi connectivity index (χ4v) is 1.52. The molecule has 0 fully saturated rings. The van der Waals surface area contributed by atoms with Crippen molar-refractivity contribution in [3.05, 3.63) is 29.6 Å². The van der Waals surface area contributed by atoms with Crippen molar-refractivity contribution in [1.82, 2.24) is 9.97 Å². The number of fused-ring (bicyclic) bond motifs is 1. The van der Waals surface area contributed by atoms with Crippen LogP contribution in [0.5, 0.6) is 0 Å². The maximum atomic E-state index is 12.7. The van der Waals surface area contributed by atoms with Crippen LogP contribution in [0.3, 0.4) is 0 Å². The second-order valence-corrected chi connectivity index (χ2v) is 3.36. The topological polar surface area (TPSA) is 51.8 Å². The predicted molar refractivity (Wildman–Crippen MR) is 53.7 cm³/mol. The Balaban J connectivity index is 2.87. The highest BCUT2D eigenvalue weighted by Crippen LogP contribution is 2.34. The van der Waals surface area contributed by atoms with Crippen LogP contribution in [0, 0.1) is 6.92 Å². The molecule has 0 unspecified atom stereocenters. The lowest BCUT2D eigenvalue weighted by atomic mass is 10.1. The molecule has 0 aliphatic carbocycles. The third-order valence-corrected chi connectivity index (χ3v) is 2.17. The van der Waals surface area contributed by atoms with Crippen molar-refractivity contribution in [2.75, 3.05) is 5.73 Å². The molecular formula is C10H8F3N3. The summed E-state index contributed by atoms with van der Waals surface area (Å²) >= 11 is 0. The third kappa shape index (κ3) is 1.66. The Kier molecular flexibility index (Phi) is 2.22. The maximum Gasteiger partial charge on any atom is 0.418 e. The maximum absolute atomic E-state index is 12.7. The molecule has 6 heteroatoms. The molecule has 1 aromatic heterocycles. The highest BCUT2D eigenvalue weighted by Gasteiger charge is 2.33. The van der Waals surface area contributed by atoms with E-state index in [1.54, 1.807) is 0 Å². The normalized spacial score (nSPS) is 12.0. The van der Waals surface area contributed by atoms with Gasteiger partial charge < -0.3 is 5.73 Å². The summed E-state index contributed by atoms with van der Waals surface area (Å²) in [5.74, 6) is 0.287. The molecule has 0 saturated carbocycles. The second kappa shape index (κ2) is 3.33. The Bertz CT molecular complexity index is 549. The molecule has 0 radical (unpaired) electrons. The van der Waals surface area contributed by atoms with Gasteiger partial charge in [0.25, 0.3) is 0 Å². The lowest BCUT2D eigenvalue weighted by Crippen LogP contribution is -2.08. The summed E-state index contributed by atoms with van der Waals surface area (Å²) in [7, 11) is 0. The average molecular weight is 227 g/mol. The molecule has 1 heterocycles. The third-order valence-electron chi connectivity index (χ3n) is 2.17. The van der Waals surface area contributed by atoms with E-state index in [1.807, 2.05) is 0 Å². The first-order valence-corrected chi connectivity index (χ1v) is 4.49. The van der Waals surface area contributed by atoms with Crippen LogP contribution in [0.15, 0.2) is 18.2 Å². The van der Waals surface area contributed by atoms with Crippen molar-refractivity contribution in [2.45, 2.75) is 13.1 Å². The molecule has 0 atom stereocenters. The Morgan fingerprint density at radius 1 is 1.19 bits per heavy atom. The van der Waals surface area contributed by atoms with Gasteiger partial charge >= 0.3 is 6.18 Å². The van der Waals surface area contributed by atoms with Gasteiger partial charge in [-0.05, 0) is 19.1 Å². The van der Waals surface area contributed by atoms with E-state index < -0.39 is 11.7 Å². The number of benzene rings is 1. The van der Waals surface area contributed by atoms with Crippen molar-refractivity contribution in [1.29, 1.82) is 0 Å². The molecule has 0 amide bonds. The zero-order valence-corrected chi connectivity index (χ0v) is 8.34. The number of hydrogen-bond donors (Lipinski definition) is 1. The lowest BCUT2D eigenvalue weighted by Gasteiger charge is -2.10. The van der Waals surface area contributed by atoms with E-state index in [2.05, 4.69) is 9.97 Å². The molecule has 1 aromatic carbocycles. The van der Waals surface area contributed by atoms with Crippen LogP contribution in [0.2, 0.25) is 0 Å². The first-order chi connectivity index (χ1) is 7.39. The summed E-state index contributed by atoms with van der Waals surface area (Å²) in [6, 6.07) is 3.74. The van der Waals surface area contributed by atoms with E-state index in [0.717, 1.165) is 6.07 Å². The predicted octanol–water partition coefficient (Wildman–Crippen LogP) is 2.54. The second-order valence-electron chi connectivity index (χ2n) is 3.36. The molecule has 0 bridgehead atoms. The van der Waals surface area contributed by atoms with Crippen molar-refractivity contribution < 1.29 is 13.2 Å². The molecule has 0 spiro atoms. The van der Waals surface area contributed by atoms with E-state index in [0.29, 0.717) is 0 Å². The van der Waals surface area contributed by atoms with Crippen LogP contribution in [0.1, 0.15) is 11.4 Å².